The van der Waals surface area contributed by atoms with Crippen LogP contribution in [0.25, 0.3) is 0 Å². The van der Waals surface area contributed by atoms with E-state index in [2.05, 4.69) is 5.10 Å². The molecule has 0 spiro atoms. The highest BCUT2D eigenvalue weighted by Gasteiger charge is 2.57. The third-order valence-electron chi connectivity index (χ3n) is 6.85. The summed E-state index contributed by atoms with van der Waals surface area (Å²) in [6.45, 7) is 6.44. The Kier molecular flexibility index (Phi) is 6.32. The Bertz CT molecular complexity index is 1270. The van der Waals surface area contributed by atoms with Crippen LogP contribution in [0.15, 0.2) is 101 Å². The van der Waals surface area contributed by atoms with Gasteiger partial charge >= 0.3 is 11.4 Å². The van der Waals surface area contributed by atoms with Crippen molar-refractivity contribution < 1.29 is 20.3 Å². The first kappa shape index (κ1) is 25.5. The van der Waals surface area contributed by atoms with Crippen LogP contribution < -0.4 is 5.01 Å². The number of anilines is 2. The first-order valence-electron chi connectivity index (χ1n) is 11.3. The molecule has 0 unspecified atom stereocenters. The van der Waals surface area contributed by atoms with Gasteiger partial charge < -0.3 is 0 Å². The maximum Gasteiger partial charge on any atom is 0.304 e. The van der Waals surface area contributed by atoms with Gasteiger partial charge in [0.05, 0.1) is 32.3 Å². The van der Waals surface area contributed by atoms with Crippen LogP contribution in [-0.4, -0.2) is 42.0 Å². The van der Waals surface area contributed by atoms with Gasteiger partial charge in [-0.1, -0.05) is 41.6 Å². The molecule has 1 aliphatic heterocycles. The number of rotatable bonds is 5. The van der Waals surface area contributed by atoms with Gasteiger partial charge in [0, 0.05) is 17.7 Å². The summed E-state index contributed by atoms with van der Waals surface area (Å²) in [7, 11) is 0. The molecule has 2 aromatic carbocycles. The highest BCUT2D eigenvalue weighted by Crippen LogP contribution is 2.45. The minimum Gasteiger partial charge on any atom is -0.286 e. The zero-order chi connectivity index (χ0) is 27.1. The Hall–Kier alpha value is -4.55. The average molecular weight is 506 g/mol. The number of nitrogens with zero attached hydrogens (tertiary/aromatic N) is 6. The summed E-state index contributed by atoms with van der Waals surface area (Å²) in [6, 6.07) is 17.4. The standard InChI is InChI=1S/C25H25N6O6/c1-24(2)25(3,4)29(33)23(28(24)32)17-15-20(30(34)35)22(21(16-17)31(36)37)26-27(18-11-7-5-8-12-18)19-13-9-6-10-14-19/h5-16,32H,1-4H3. The summed E-state index contributed by atoms with van der Waals surface area (Å²) in [5.41, 5.74) is -3.31. The molecular weight excluding hydrogens is 480 g/mol. The quantitative estimate of drug-likeness (QED) is 0.456. The van der Waals surface area contributed by atoms with Crippen molar-refractivity contribution in [2.45, 2.75) is 38.8 Å². The second-order valence-electron chi connectivity index (χ2n) is 9.51. The largest absolute Gasteiger partial charge is 0.304 e. The van der Waals surface area contributed by atoms with Crippen molar-refractivity contribution in [3.8, 4) is 0 Å². The molecule has 0 aromatic heterocycles. The lowest BCUT2D eigenvalue weighted by Crippen LogP contribution is -2.52. The Morgan fingerprint density at radius 3 is 1.59 bits per heavy atom. The topological polar surface area (TPSA) is 148 Å². The highest BCUT2D eigenvalue weighted by molar-refractivity contribution is 6.11. The third-order valence-corrected chi connectivity index (χ3v) is 6.85. The van der Waals surface area contributed by atoms with Gasteiger partial charge in [0.1, 0.15) is 0 Å². The summed E-state index contributed by atoms with van der Waals surface area (Å²) < 4.78 is 0. The molecule has 12 heteroatoms. The van der Waals surface area contributed by atoms with Crippen molar-refractivity contribution in [2.24, 2.45) is 5.10 Å². The summed E-state index contributed by atoms with van der Waals surface area (Å²) in [4.78, 5) is 22.7. The smallest absolute Gasteiger partial charge is 0.286 e. The summed E-state index contributed by atoms with van der Waals surface area (Å²) >= 11 is 0. The molecule has 0 atom stereocenters. The number of benzene rings is 2. The Morgan fingerprint density at radius 1 is 0.811 bits per heavy atom. The molecule has 1 aliphatic carbocycles. The summed E-state index contributed by atoms with van der Waals surface area (Å²) in [5.74, 6) is -0.337. The highest BCUT2D eigenvalue weighted by atomic mass is 16.6. The minimum absolute atomic E-state index is 0.181. The monoisotopic (exact) mass is 505 g/mol. The SMILES string of the molecule is CC1(C)N([O])C(=C2C=C([N+](=O)[O-])C(=NN(c3ccccc3)c3ccccc3)C([N+](=O)[O-])=C2)N(O)C1(C)C. The number of para-hydroxylation sites is 2. The van der Waals surface area contributed by atoms with Gasteiger partial charge in [0.2, 0.25) is 5.71 Å². The van der Waals surface area contributed by atoms with Crippen LogP contribution in [0.2, 0.25) is 0 Å². The van der Waals surface area contributed by atoms with Crippen molar-refractivity contribution in [3.05, 3.63) is 116 Å². The van der Waals surface area contributed by atoms with E-state index >= 15 is 0 Å². The van der Waals surface area contributed by atoms with Crippen molar-refractivity contribution in [2.75, 3.05) is 5.01 Å². The molecule has 1 saturated heterocycles. The van der Waals surface area contributed by atoms with Gasteiger partial charge in [-0.15, -0.1) is 0 Å². The molecule has 2 aliphatic rings. The predicted octanol–water partition coefficient (Wildman–Crippen LogP) is 4.64. The van der Waals surface area contributed by atoms with Crippen LogP contribution in [0, 0.1) is 20.2 Å². The van der Waals surface area contributed by atoms with Gasteiger partial charge in [0.25, 0.3) is 0 Å². The molecule has 1 N–H and O–H groups in total. The van der Waals surface area contributed by atoms with Crippen molar-refractivity contribution in [3.63, 3.8) is 0 Å². The van der Waals surface area contributed by atoms with Crippen LogP contribution in [0.3, 0.4) is 0 Å². The third kappa shape index (κ3) is 4.21. The number of nitro groups is 2. The van der Waals surface area contributed by atoms with Gasteiger partial charge in [-0.2, -0.15) is 10.2 Å². The Labute approximate surface area is 212 Å². The molecule has 37 heavy (non-hydrogen) atoms. The summed E-state index contributed by atoms with van der Waals surface area (Å²) in [5, 5.41) is 55.3. The van der Waals surface area contributed by atoms with E-state index in [1.54, 1.807) is 88.4 Å². The second-order valence-corrected chi connectivity index (χ2v) is 9.51. The predicted molar refractivity (Wildman–Crippen MR) is 134 cm³/mol. The molecule has 1 radical (unpaired) electrons. The molecular formula is C25H25N6O6. The fraction of sp³-hybridized carbons (Fsp3) is 0.240. The zero-order valence-corrected chi connectivity index (χ0v) is 20.6. The molecule has 1 heterocycles. The number of hydrogen-bond acceptors (Lipinski definition) is 9. The van der Waals surface area contributed by atoms with Crippen LogP contribution >= 0.6 is 0 Å². The molecule has 0 saturated carbocycles. The van der Waals surface area contributed by atoms with E-state index in [-0.39, 0.29) is 11.4 Å². The molecule has 0 amide bonds. The molecule has 12 nitrogen and oxygen atoms in total. The zero-order valence-electron chi connectivity index (χ0n) is 20.6. The van der Waals surface area contributed by atoms with E-state index in [0.717, 1.165) is 12.2 Å². The van der Waals surface area contributed by atoms with Crippen molar-refractivity contribution in [1.82, 2.24) is 10.1 Å². The minimum atomic E-state index is -1.15. The van der Waals surface area contributed by atoms with E-state index in [1.807, 2.05) is 0 Å². The maximum absolute atomic E-state index is 13.2. The van der Waals surface area contributed by atoms with Crippen LogP contribution in [0.5, 0.6) is 0 Å². The van der Waals surface area contributed by atoms with Gasteiger partial charge in [0.15, 0.2) is 5.82 Å². The lowest BCUT2D eigenvalue weighted by atomic mass is 9.84. The molecule has 2 aromatic rings. The Balaban J connectivity index is 1.97. The lowest BCUT2D eigenvalue weighted by Gasteiger charge is -2.36. The first-order chi connectivity index (χ1) is 17.4. The van der Waals surface area contributed by atoms with E-state index in [0.29, 0.717) is 21.5 Å². The summed E-state index contributed by atoms with van der Waals surface area (Å²) in [6.07, 6.45) is 2.03. The number of allylic oxidation sites excluding steroid dienone is 3. The normalized spacial score (nSPS) is 18.4. The maximum atomic E-state index is 13.2. The fourth-order valence-corrected chi connectivity index (χ4v) is 3.98. The number of hydrogen-bond donors (Lipinski definition) is 1. The van der Waals surface area contributed by atoms with Gasteiger partial charge in [-0.05, 0) is 52.0 Å². The van der Waals surface area contributed by atoms with E-state index in [4.69, 9.17) is 0 Å². The van der Waals surface area contributed by atoms with Gasteiger partial charge in [-0.3, -0.25) is 25.4 Å². The van der Waals surface area contributed by atoms with Crippen LogP contribution in [0.1, 0.15) is 27.7 Å². The van der Waals surface area contributed by atoms with Crippen LogP contribution in [-0.2, 0) is 5.21 Å². The Morgan fingerprint density at radius 2 is 1.24 bits per heavy atom. The molecule has 1 fully saturated rings. The van der Waals surface area contributed by atoms with E-state index in [1.165, 1.54) is 5.01 Å². The average Bonchev–Trinajstić information content (AvgIpc) is 2.99. The molecule has 4 rings (SSSR count). The van der Waals surface area contributed by atoms with E-state index in [9.17, 15) is 30.6 Å². The van der Waals surface area contributed by atoms with Crippen molar-refractivity contribution in [1.29, 1.82) is 0 Å². The first-order valence-corrected chi connectivity index (χ1v) is 11.3. The van der Waals surface area contributed by atoms with Gasteiger partial charge in [-0.25, -0.2) is 10.1 Å². The molecule has 191 valence electrons. The van der Waals surface area contributed by atoms with Crippen molar-refractivity contribution >= 4 is 17.1 Å². The number of hydrazone groups is 1. The van der Waals surface area contributed by atoms with Crippen LogP contribution in [0.4, 0.5) is 11.4 Å². The molecule has 0 bridgehead atoms. The number of hydroxylamine groups is 4. The fourth-order valence-electron chi connectivity index (χ4n) is 3.98. The second kappa shape index (κ2) is 9.15. The van der Waals surface area contributed by atoms with E-state index < -0.39 is 38.0 Å². The lowest BCUT2D eigenvalue weighted by molar-refractivity contribution is -0.427.